The number of thioether (sulfide) groups is 1. The number of benzene rings is 1. The van der Waals surface area contributed by atoms with Crippen molar-refractivity contribution in [3.63, 3.8) is 0 Å². The van der Waals surface area contributed by atoms with Crippen LogP contribution in [0.1, 0.15) is 51.4 Å². The van der Waals surface area contributed by atoms with Crippen molar-refractivity contribution in [2.24, 2.45) is 11.7 Å². The van der Waals surface area contributed by atoms with Gasteiger partial charge in [0.25, 0.3) is 0 Å². The van der Waals surface area contributed by atoms with Crippen LogP contribution in [0.4, 0.5) is 10.5 Å². The smallest absolute Gasteiger partial charge is 0.319 e. The Hall–Kier alpha value is -2.22. The quantitative estimate of drug-likeness (QED) is 0.575. The van der Waals surface area contributed by atoms with Gasteiger partial charge in [-0.3, -0.25) is 9.59 Å². The number of para-hydroxylation sites is 1. The summed E-state index contributed by atoms with van der Waals surface area (Å²) < 4.78 is 0. The Morgan fingerprint density at radius 3 is 2.43 bits per heavy atom. The topological polar surface area (TPSA) is 105 Å². The minimum atomic E-state index is -0.334. The largest absolute Gasteiger partial charge is 0.370 e. The van der Waals surface area contributed by atoms with Gasteiger partial charge >= 0.3 is 6.03 Å². The number of hydrogen-bond acceptors (Lipinski definition) is 4. The van der Waals surface area contributed by atoms with E-state index in [1.165, 1.54) is 18.2 Å². The maximum Gasteiger partial charge on any atom is 0.319 e. The molecule has 2 fully saturated rings. The van der Waals surface area contributed by atoms with Gasteiger partial charge in [-0.2, -0.15) is 0 Å². The molecular weight excluding hydrogens is 400 g/mol. The second-order valence-corrected chi connectivity index (χ2v) is 9.23. The van der Waals surface area contributed by atoms with Gasteiger partial charge < -0.3 is 21.3 Å². The van der Waals surface area contributed by atoms with Crippen LogP contribution in [-0.4, -0.2) is 47.6 Å². The summed E-state index contributed by atoms with van der Waals surface area (Å²) in [5.74, 6) is 0.747. The Morgan fingerprint density at radius 1 is 1.03 bits per heavy atom. The molecule has 7 nitrogen and oxygen atoms in total. The fraction of sp³-hybridized carbons (Fsp3) is 0.591. The molecule has 1 heterocycles. The van der Waals surface area contributed by atoms with E-state index in [4.69, 9.17) is 5.73 Å². The number of likely N-dealkylation sites (tertiary alicyclic amines) is 1. The van der Waals surface area contributed by atoms with Crippen LogP contribution >= 0.6 is 11.8 Å². The Balaban J connectivity index is 1.44. The number of anilines is 1. The first-order valence-electron chi connectivity index (χ1n) is 10.9. The van der Waals surface area contributed by atoms with Crippen LogP contribution in [-0.2, 0) is 9.59 Å². The standard InChI is InChI=1S/C22H32N4O3S/c23-20(27)12-15-30-19-9-5-4-8-18(19)25-22(29)24-17-10-13-26(14-11-17)21(28)16-6-2-1-3-7-16/h4-5,8-9,16-17H,1-3,6-7,10-15H2,(H2,23,27)(H2,24,25,29). The molecule has 2 aliphatic rings. The zero-order chi connectivity index (χ0) is 21.3. The Bertz CT molecular complexity index is 744. The van der Waals surface area contributed by atoms with Gasteiger partial charge in [0.15, 0.2) is 0 Å². The van der Waals surface area contributed by atoms with E-state index >= 15 is 0 Å². The lowest BCUT2D eigenvalue weighted by molar-refractivity contribution is -0.137. The third-order valence-electron chi connectivity index (χ3n) is 5.84. The lowest BCUT2D eigenvalue weighted by Crippen LogP contribution is -2.49. The van der Waals surface area contributed by atoms with E-state index in [0.29, 0.717) is 31.2 Å². The normalized spacial score (nSPS) is 18.1. The second-order valence-electron chi connectivity index (χ2n) is 8.09. The zero-order valence-electron chi connectivity index (χ0n) is 17.4. The summed E-state index contributed by atoms with van der Waals surface area (Å²) in [6.07, 6.45) is 7.48. The molecule has 0 aromatic heterocycles. The van der Waals surface area contributed by atoms with Crippen molar-refractivity contribution >= 4 is 35.3 Å². The highest BCUT2D eigenvalue weighted by atomic mass is 32.2. The molecule has 0 spiro atoms. The number of rotatable bonds is 7. The average Bonchev–Trinajstić information content (AvgIpc) is 2.75. The minimum Gasteiger partial charge on any atom is -0.370 e. The van der Waals surface area contributed by atoms with Gasteiger partial charge in [-0.05, 0) is 37.8 Å². The zero-order valence-corrected chi connectivity index (χ0v) is 18.2. The Kier molecular flexibility index (Phi) is 8.42. The van der Waals surface area contributed by atoms with Crippen LogP contribution < -0.4 is 16.4 Å². The Labute approximate surface area is 182 Å². The van der Waals surface area contributed by atoms with Crippen molar-refractivity contribution in [2.75, 3.05) is 24.2 Å². The predicted octanol–water partition coefficient (Wildman–Crippen LogP) is 3.35. The van der Waals surface area contributed by atoms with Crippen molar-refractivity contribution in [1.29, 1.82) is 0 Å². The van der Waals surface area contributed by atoms with Gasteiger partial charge in [0.2, 0.25) is 11.8 Å². The van der Waals surface area contributed by atoms with Crippen LogP contribution in [0.15, 0.2) is 29.2 Å². The number of amides is 4. The SMILES string of the molecule is NC(=O)CCSc1ccccc1NC(=O)NC1CCN(C(=O)C2CCCCC2)CC1. The first kappa shape index (κ1) is 22.5. The van der Waals surface area contributed by atoms with Crippen molar-refractivity contribution in [3.05, 3.63) is 24.3 Å². The van der Waals surface area contributed by atoms with Gasteiger partial charge in [0.05, 0.1) is 5.69 Å². The van der Waals surface area contributed by atoms with Crippen LogP contribution in [0, 0.1) is 5.92 Å². The molecule has 1 aromatic rings. The van der Waals surface area contributed by atoms with Gasteiger partial charge in [0.1, 0.15) is 0 Å². The van der Waals surface area contributed by atoms with Crippen LogP contribution in [0.25, 0.3) is 0 Å². The molecule has 30 heavy (non-hydrogen) atoms. The fourth-order valence-electron chi connectivity index (χ4n) is 4.15. The number of urea groups is 1. The number of primary amides is 1. The van der Waals surface area contributed by atoms with Gasteiger partial charge in [-0.15, -0.1) is 11.8 Å². The van der Waals surface area contributed by atoms with Crippen molar-refractivity contribution < 1.29 is 14.4 Å². The van der Waals surface area contributed by atoms with Gasteiger partial charge in [-0.25, -0.2) is 4.79 Å². The molecule has 1 saturated carbocycles. The first-order valence-corrected chi connectivity index (χ1v) is 11.9. The molecule has 1 saturated heterocycles. The summed E-state index contributed by atoms with van der Waals surface area (Å²) in [6, 6.07) is 7.34. The highest BCUT2D eigenvalue weighted by Gasteiger charge is 2.29. The molecule has 1 aromatic carbocycles. The number of nitrogens with zero attached hydrogens (tertiary/aromatic N) is 1. The average molecular weight is 433 g/mol. The van der Waals surface area contributed by atoms with Crippen LogP contribution in [0.5, 0.6) is 0 Å². The molecule has 0 bridgehead atoms. The monoisotopic (exact) mass is 432 g/mol. The summed E-state index contributed by atoms with van der Waals surface area (Å²) in [6.45, 7) is 1.42. The Morgan fingerprint density at radius 2 is 1.73 bits per heavy atom. The van der Waals surface area contributed by atoms with Crippen LogP contribution in [0.3, 0.4) is 0 Å². The summed E-state index contributed by atoms with van der Waals surface area (Å²) in [4.78, 5) is 39.0. The number of piperidine rings is 1. The molecule has 0 radical (unpaired) electrons. The van der Waals surface area contributed by atoms with Gasteiger partial charge in [-0.1, -0.05) is 31.4 Å². The molecule has 1 aliphatic heterocycles. The molecule has 1 aliphatic carbocycles. The molecule has 0 atom stereocenters. The lowest BCUT2D eigenvalue weighted by atomic mass is 9.87. The number of nitrogens with one attached hydrogen (secondary N) is 2. The van der Waals surface area contributed by atoms with E-state index < -0.39 is 0 Å². The number of hydrogen-bond donors (Lipinski definition) is 3. The third kappa shape index (κ3) is 6.65. The number of carbonyl (C=O) groups is 3. The maximum absolute atomic E-state index is 12.7. The first-order chi connectivity index (χ1) is 14.5. The van der Waals surface area contributed by atoms with E-state index in [1.807, 2.05) is 29.2 Å². The molecule has 164 valence electrons. The third-order valence-corrected chi connectivity index (χ3v) is 6.91. The van der Waals surface area contributed by atoms with Crippen LogP contribution in [0.2, 0.25) is 0 Å². The molecular formula is C22H32N4O3S. The van der Waals surface area contributed by atoms with E-state index in [1.54, 1.807) is 0 Å². The molecule has 8 heteroatoms. The van der Waals surface area contributed by atoms with Crippen molar-refractivity contribution in [3.8, 4) is 0 Å². The summed E-state index contributed by atoms with van der Waals surface area (Å²) in [5, 5.41) is 5.95. The summed E-state index contributed by atoms with van der Waals surface area (Å²) >= 11 is 1.49. The molecule has 4 N–H and O–H groups in total. The predicted molar refractivity (Wildman–Crippen MR) is 119 cm³/mol. The second kappa shape index (κ2) is 11.2. The van der Waals surface area contributed by atoms with Crippen molar-refractivity contribution in [2.45, 2.75) is 62.3 Å². The highest BCUT2D eigenvalue weighted by molar-refractivity contribution is 7.99. The van der Waals surface area contributed by atoms with E-state index in [0.717, 1.165) is 49.1 Å². The number of nitrogens with two attached hydrogens (primary N) is 1. The number of carbonyl (C=O) groups excluding carboxylic acids is 3. The highest BCUT2D eigenvalue weighted by Crippen LogP contribution is 2.28. The fourth-order valence-corrected chi connectivity index (χ4v) is 5.13. The maximum atomic E-state index is 12.7. The van der Waals surface area contributed by atoms with E-state index in [2.05, 4.69) is 10.6 Å². The minimum absolute atomic E-state index is 0.0649. The van der Waals surface area contributed by atoms with Gasteiger partial charge in [0, 0.05) is 42.1 Å². The molecule has 4 amide bonds. The molecule has 3 rings (SSSR count). The molecule has 0 unspecified atom stereocenters. The lowest BCUT2D eigenvalue weighted by Gasteiger charge is -2.35. The summed E-state index contributed by atoms with van der Waals surface area (Å²) in [7, 11) is 0. The van der Waals surface area contributed by atoms with Crippen molar-refractivity contribution in [1.82, 2.24) is 10.2 Å². The summed E-state index contributed by atoms with van der Waals surface area (Å²) in [5.41, 5.74) is 5.91. The van der Waals surface area contributed by atoms with E-state index in [-0.39, 0.29) is 23.9 Å². The van der Waals surface area contributed by atoms with E-state index in [9.17, 15) is 14.4 Å².